The highest BCUT2D eigenvalue weighted by Crippen LogP contribution is 2.35. The molecule has 3 heterocycles. The van der Waals surface area contributed by atoms with Crippen LogP contribution >= 0.6 is 11.3 Å². The number of nitrogens with zero attached hydrogens (tertiary/aromatic N) is 3. The zero-order chi connectivity index (χ0) is 27.4. The highest BCUT2D eigenvalue weighted by molar-refractivity contribution is 7.91. The van der Waals surface area contributed by atoms with Crippen LogP contribution in [0.5, 0.6) is 5.75 Å². The molecule has 0 unspecified atom stereocenters. The van der Waals surface area contributed by atoms with Gasteiger partial charge in [0.2, 0.25) is 0 Å². The quantitative estimate of drug-likeness (QED) is 0.435. The molecule has 1 aliphatic rings. The lowest BCUT2D eigenvalue weighted by atomic mass is 9.99. The van der Waals surface area contributed by atoms with Crippen LogP contribution < -0.4 is 10.1 Å². The minimum atomic E-state index is -3.75. The number of ether oxygens (including phenoxy) is 1. The molecule has 0 fully saturated rings. The lowest BCUT2D eigenvalue weighted by molar-refractivity contribution is 0.0388. The number of thiophene rings is 1. The van der Waals surface area contributed by atoms with Gasteiger partial charge in [-0.3, -0.25) is 14.6 Å². The highest BCUT2D eigenvalue weighted by Gasteiger charge is 2.36. The number of benzene rings is 1. The lowest BCUT2D eigenvalue weighted by Gasteiger charge is -2.38. The Balaban J connectivity index is 1.73. The fourth-order valence-corrected chi connectivity index (χ4v) is 6.56. The van der Waals surface area contributed by atoms with Crippen LogP contribution in [0.15, 0.2) is 64.4 Å². The number of aromatic nitrogens is 1. The largest absolute Gasteiger partial charge is 0.486 e. The number of aliphatic hydroxyl groups excluding tert-OH is 1. The van der Waals surface area contributed by atoms with Crippen molar-refractivity contribution in [2.45, 2.75) is 30.2 Å². The Morgan fingerprint density at radius 3 is 2.66 bits per heavy atom. The molecule has 1 aliphatic heterocycles. The Hall–Kier alpha value is -3.32. The number of sulfonamides is 1. The van der Waals surface area contributed by atoms with Crippen molar-refractivity contribution in [2.75, 3.05) is 32.1 Å². The number of nitrogens with one attached hydrogen (secondary N) is 1. The second-order valence-corrected chi connectivity index (χ2v) is 12.4. The van der Waals surface area contributed by atoms with Crippen molar-refractivity contribution in [3.05, 3.63) is 71.4 Å². The van der Waals surface area contributed by atoms with Crippen LogP contribution in [-0.2, 0) is 10.0 Å². The predicted molar refractivity (Wildman–Crippen MR) is 144 cm³/mol. The van der Waals surface area contributed by atoms with Gasteiger partial charge in [0, 0.05) is 37.5 Å². The van der Waals surface area contributed by atoms with E-state index in [4.69, 9.17) is 4.74 Å². The van der Waals surface area contributed by atoms with E-state index in [-0.39, 0.29) is 52.7 Å². The van der Waals surface area contributed by atoms with Crippen LogP contribution in [0.1, 0.15) is 34.6 Å². The maximum atomic E-state index is 13.6. The lowest BCUT2D eigenvalue weighted by Crippen LogP contribution is -2.50. The minimum absolute atomic E-state index is 0.00299. The van der Waals surface area contributed by atoms with Crippen LogP contribution in [0.2, 0.25) is 0 Å². The van der Waals surface area contributed by atoms with E-state index in [1.165, 1.54) is 23.7 Å². The first-order chi connectivity index (χ1) is 18.1. The van der Waals surface area contributed by atoms with Gasteiger partial charge in [-0.05, 0) is 42.6 Å². The molecule has 202 valence electrons. The van der Waals surface area contributed by atoms with Gasteiger partial charge in [-0.25, -0.2) is 8.42 Å². The summed E-state index contributed by atoms with van der Waals surface area (Å²) in [5.41, 5.74) is 0.854. The molecule has 0 radical (unpaired) electrons. The van der Waals surface area contributed by atoms with Gasteiger partial charge in [0.1, 0.15) is 10.3 Å². The molecule has 1 aromatic carbocycles. The van der Waals surface area contributed by atoms with Gasteiger partial charge in [-0.1, -0.05) is 19.1 Å². The maximum Gasteiger partial charge on any atom is 0.258 e. The molecule has 10 nitrogen and oxygen atoms in total. The van der Waals surface area contributed by atoms with Crippen molar-refractivity contribution in [2.24, 2.45) is 5.92 Å². The van der Waals surface area contributed by atoms with Crippen molar-refractivity contribution in [1.82, 2.24) is 14.2 Å². The van der Waals surface area contributed by atoms with Crippen molar-refractivity contribution in [1.29, 1.82) is 0 Å². The Morgan fingerprint density at radius 2 is 2.00 bits per heavy atom. The van der Waals surface area contributed by atoms with E-state index in [0.29, 0.717) is 5.56 Å². The van der Waals surface area contributed by atoms with Crippen LogP contribution in [-0.4, -0.2) is 78.4 Å². The van der Waals surface area contributed by atoms with Gasteiger partial charge >= 0.3 is 0 Å². The summed E-state index contributed by atoms with van der Waals surface area (Å²) in [5, 5.41) is 14.4. The number of carbonyl (C=O) groups excluding carboxylic acids is 2. The molecule has 12 heteroatoms. The third-order valence-electron chi connectivity index (χ3n) is 6.48. The first-order valence-corrected chi connectivity index (χ1v) is 14.4. The van der Waals surface area contributed by atoms with Crippen LogP contribution in [0.25, 0.3) is 0 Å². The Labute approximate surface area is 225 Å². The predicted octanol–water partition coefficient (Wildman–Crippen LogP) is 2.94. The van der Waals surface area contributed by atoms with Gasteiger partial charge < -0.3 is 20.1 Å². The van der Waals surface area contributed by atoms with Gasteiger partial charge in [0.25, 0.3) is 21.8 Å². The summed E-state index contributed by atoms with van der Waals surface area (Å²) < 4.78 is 34.1. The number of fused-ring (bicyclic) bond motifs is 1. The first-order valence-electron chi connectivity index (χ1n) is 12.1. The summed E-state index contributed by atoms with van der Waals surface area (Å²) in [7, 11) is -2.26. The van der Waals surface area contributed by atoms with Gasteiger partial charge in [-0.15, -0.1) is 11.3 Å². The van der Waals surface area contributed by atoms with Crippen LogP contribution in [0.3, 0.4) is 0 Å². The standard InChI is InChI=1S/C26H30N4O6S2/c1-17-14-30(18(2)16-31)26(33)20-6-4-7-21(28-25(32)19-9-11-27-12-10-19)24(20)36-22(17)15-29(3)38(34,35)23-8-5-13-37-23/h4-13,17-18,22,31H,14-16H2,1-3H3,(H,28,32)/t17-,18-,22-/m0/s1. The normalized spacial score (nSPS) is 18.8. The summed E-state index contributed by atoms with van der Waals surface area (Å²) in [6, 6.07) is 10.7. The van der Waals surface area contributed by atoms with Crippen molar-refractivity contribution in [3.63, 3.8) is 0 Å². The number of rotatable bonds is 8. The monoisotopic (exact) mass is 558 g/mol. The molecule has 0 spiro atoms. The second kappa shape index (κ2) is 11.6. The maximum absolute atomic E-state index is 13.6. The number of hydrogen-bond acceptors (Lipinski definition) is 8. The average Bonchev–Trinajstić information content (AvgIpc) is 3.47. The molecule has 4 rings (SSSR count). The second-order valence-electron chi connectivity index (χ2n) is 9.21. The number of amides is 2. The Morgan fingerprint density at radius 1 is 1.26 bits per heavy atom. The number of para-hydroxylation sites is 1. The number of carbonyl (C=O) groups is 2. The molecule has 2 amide bonds. The number of hydrogen-bond donors (Lipinski definition) is 2. The smallest absolute Gasteiger partial charge is 0.258 e. The van der Waals surface area contributed by atoms with Gasteiger partial charge in [0.15, 0.2) is 5.75 Å². The van der Waals surface area contributed by atoms with Crippen molar-refractivity contribution >= 4 is 38.9 Å². The van der Waals surface area contributed by atoms with E-state index in [1.807, 2.05) is 6.92 Å². The number of anilines is 1. The summed E-state index contributed by atoms with van der Waals surface area (Å²) in [6.45, 7) is 3.60. The fraction of sp³-hybridized carbons (Fsp3) is 0.346. The van der Waals surface area contributed by atoms with E-state index in [0.717, 1.165) is 11.3 Å². The first kappa shape index (κ1) is 27.7. The van der Waals surface area contributed by atoms with E-state index in [9.17, 15) is 23.1 Å². The zero-order valence-corrected chi connectivity index (χ0v) is 22.9. The third kappa shape index (κ3) is 5.73. The van der Waals surface area contributed by atoms with Crippen molar-refractivity contribution < 1.29 is 27.9 Å². The third-order valence-corrected chi connectivity index (χ3v) is 9.67. The summed E-state index contributed by atoms with van der Waals surface area (Å²) >= 11 is 1.13. The molecular formula is C26H30N4O6S2. The topological polar surface area (TPSA) is 129 Å². The number of likely N-dealkylation sites (N-methyl/N-ethyl adjacent to an activating group) is 1. The SMILES string of the molecule is C[C@H]1CN([C@@H](C)CO)C(=O)c2cccc(NC(=O)c3ccncc3)c2O[C@H]1CN(C)S(=O)(=O)c1cccs1. The molecule has 0 bridgehead atoms. The van der Waals surface area contributed by atoms with Gasteiger partial charge in [0.05, 0.1) is 30.4 Å². The highest BCUT2D eigenvalue weighted by atomic mass is 32.2. The Kier molecular flexibility index (Phi) is 8.46. The van der Waals surface area contributed by atoms with E-state index in [2.05, 4.69) is 10.3 Å². The molecule has 2 N–H and O–H groups in total. The molecule has 2 aromatic heterocycles. The summed E-state index contributed by atoms with van der Waals surface area (Å²) in [4.78, 5) is 32.0. The molecule has 0 aliphatic carbocycles. The molecule has 38 heavy (non-hydrogen) atoms. The molecule has 0 saturated heterocycles. The average molecular weight is 559 g/mol. The van der Waals surface area contributed by atoms with Gasteiger partial charge in [-0.2, -0.15) is 4.31 Å². The number of pyridine rings is 1. The van der Waals surface area contributed by atoms with Crippen LogP contribution in [0.4, 0.5) is 5.69 Å². The van der Waals surface area contributed by atoms with E-state index < -0.39 is 28.1 Å². The zero-order valence-electron chi connectivity index (χ0n) is 21.3. The summed E-state index contributed by atoms with van der Waals surface area (Å²) in [6.07, 6.45) is 2.33. The summed E-state index contributed by atoms with van der Waals surface area (Å²) in [5.74, 6) is -0.938. The molecule has 0 saturated carbocycles. The molecule has 3 atom stereocenters. The minimum Gasteiger partial charge on any atom is -0.486 e. The molecule has 3 aromatic rings. The van der Waals surface area contributed by atoms with E-state index in [1.54, 1.807) is 59.7 Å². The van der Waals surface area contributed by atoms with Crippen LogP contribution in [0, 0.1) is 5.92 Å². The van der Waals surface area contributed by atoms with Crippen molar-refractivity contribution in [3.8, 4) is 5.75 Å². The Bertz CT molecular complexity index is 1380. The van der Waals surface area contributed by atoms with E-state index >= 15 is 0 Å². The fourth-order valence-electron chi connectivity index (χ4n) is 4.17. The number of aliphatic hydroxyl groups is 1. The molecular weight excluding hydrogens is 528 g/mol.